The minimum atomic E-state index is 0.465. The van der Waals surface area contributed by atoms with Crippen molar-refractivity contribution in [2.75, 3.05) is 13.2 Å². The number of nitrogens with zero attached hydrogens (tertiary/aromatic N) is 2. The first-order valence-electron chi connectivity index (χ1n) is 5.98. The van der Waals surface area contributed by atoms with Crippen molar-refractivity contribution in [3.63, 3.8) is 0 Å². The molecule has 17 heavy (non-hydrogen) atoms. The Morgan fingerprint density at radius 1 is 1.41 bits per heavy atom. The number of ether oxygens (including phenoxy) is 1. The zero-order valence-electron chi connectivity index (χ0n) is 9.56. The normalized spacial score (nSPS) is 20.6. The third kappa shape index (κ3) is 2.40. The van der Waals surface area contributed by atoms with Gasteiger partial charge in [0.05, 0.1) is 5.39 Å². The molecule has 1 unspecified atom stereocenters. The van der Waals surface area contributed by atoms with Crippen LogP contribution < -0.4 is 10.1 Å². The maximum absolute atomic E-state index is 5.81. The molecule has 0 aliphatic carbocycles. The summed E-state index contributed by atoms with van der Waals surface area (Å²) >= 11 is 1.62. The monoisotopic (exact) mass is 249 g/mol. The SMILES string of the molecule is c1nc(OCC2CCCCN2)c2ccsc2n1. The molecule has 1 saturated heterocycles. The van der Waals surface area contributed by atoms with Crippen LogP contribution in [-0.2, 0) is 0 Å². The van der Waals surface area contributed by atoms with Crippen LogP contribution in [0.2, 0.25) is 0 Å². The smallest absolute Gasteiger partial charge is 0.225 e. The zero-order chi connectivity index (χ0) is 11.5. The Kier molecular flexibility index (Phi) is 3.20. The van der Waals surface area contributed by atoms with E-state index in [1.807, 2.05) is 11.4 Å². The summed E-state index contributed by atoms with van der Waals surface area (Å²) < 4.78 is 5.81. The highest BCUT2D eigenvalue weighted by atomic mass is 32.1. The van der Waals surface area contributed by atoms with E-state index in [1.165, 1.54) is 19.3 Å². The third-order valence-corrected chi connectivity index (χ3v) is 3.88. The van der Waals surface area contributed by atoms with Crippen molar-refractivity contribution < 1.29 is 4.74 Å². The summed E-state index contributed by atoms with van der Waals surface area (Å²) in [6, 6.07) is 2.48. The topological polar surface area (TPSA) is 47.0 Å². The molecule has 2 aromatic rings. The molecule has 4 nitrogen and oxygen atoms in total. The highest BCUT2D eigenvalue weighted by Crippen LogP contribution is 2.25. The van der Waals surface area contributed by atoms with Gasteiger partial charge in [-0.3, -0.25) is 0 Å². The van der Waals surface area contributed by atoms with Crippen molar-refractivity contribution in [1.29, 1.82) is 0 Å². The second kappa shape index (κ2) is 4.98. The van der Waals surface area contributed by atoms with Crippen LogP contribution in [0.25, 0.3) is 10.2 Å². The first-order valence-corrected chi connectivity index (χ1v) is 6.86. The lowest BCUT2D eigenvalue weighted by Gasteiger charge is -2.23. The van der Waals surface area contributed by atoms with E-state index in [4.69, 9.17) is 4.74 Å². The van der Waals surface area contributed by atoms with E-state index in [1.54, 1.807) is 17.7 Å². The van der Waals surface area contributed by atoms with E-state index >= 15 is 0 Å². The van der Waals surface area contributed by atoms with Gasteiger partial charge in [0.2, 0.25) is 5.88 Å². The number of hydrogen-bond acceptors (Lipinski definition) is 5. The molecular weight excluding hydrogens is 234 g/mol. The maximum atomic E-state index is 5.81. The first-order chi connectivity index (χ1) is 8.43. The zero-order valence-corrected chi connectivity index (χ0v) is 10.4. The van der Waals surface area contributed by atoms with Crippen LogP contribution in [0.1, 0.15) is 19.3 Å². The first kappa shape index (κ1) is 10.9. The van der Waals surface area contributed by atoms with E-state index in [9.17, 15) is 0 Å². The number of thiophene rings is 1. The molecule has 0 spiro atoms. The average Bonchev–Trinajstić information content (AvgIpc) is 2.86. The minimum Gasteiger partial charge on any atom is -0.475 e. The summed E-state index contributed by atoms with van der Waals surface area (Å²) in [5, 5.41) is 6.51. The van der Waals surface area contributed by atoms with E-state index < -0.39 is 0 Å². The lowest BCUT2D eigenvalue weighted by molar-refractivity contribution is 0.234. The largest absolute Gasteiger partial charge is 0.475 e. The van der Waals surface area contributed by atoms with Crippen molar-refractivity contribution in [2.45, 2.75) is 25.3 Å². The maximum Gasteiger partial charge on any atom is 0.225 e. The standard InChI is InChI=1S/C12H15N3OS/c1-2-5-13-9(3-1)7-16-11-10-4-6-17-12(10)15-8-14-11/h4,6,8-9,13H,1-3,5,7H2. The Morgan fingerprint density at radius 3 is 3.29 bits per heavy atom. The van der Waals surface area contributed by atoms with Gasteiger partial charge >= 0.3 is 0 Å². The van der Waals surface area contributed by atoms with Gasteiger partial charge in [-0.25, -0.2) is 9.97 Å². The second-order valence-electron chi connectivity index (χ2n) is 4.28. The van der Waals surface area contributed by atoms with Crippen molar-refractivity contribution in [3.05, 3.63) is 17.8 Å². The molecule has 2 aromatic heterocycles. The highest BCUT2D eigenvalue weighted by Gasteiger charge is 2.14. The number of hydrogen-bond donors (Lipinski definition) is 1. The molecule has 0 saturated carbocycles. The molecule has 0 radical (unpaired) electrons. The summed E-state index contributed by atoms with van der Waals surface area (Å²) in [7, 11) is 0. The Labute approximate surface area is 104 Å². The van der Waals surface area contributed by atoms with E-state index in [0.29, 0.717) is 18.5 Å². The number of aromatic nitrogens is 2. The van der Waals surface area contributed by atoms with Gasteiger partial charge in [0, 0.05) is 6.04 Å². The second-order valence-corrected chi connectivity index (χ2v) is 5.17. The van der Waals surface area contributed by atoms with Crippen LogP contribution >= 0.6 is 11.3 Å². The molecule has 3 heterocycles. The van der Waals surface area contributed by atoms with Crippen LogP contribution in [0.5, 0.6) is 5.88 Å². The van der Waals surface area contributed by atoms with Crippen molar-refractivity contribution >= 4 is 21.6 Å². The van der Waals surface area contributed by atoms with Gasteiger partial charge in [0.15, 0.2) is 0 Å². The van der Waals surface area contributed by atoms with Gasteiger partial charge in [-0.2, -0.15) is 0 Å². The predicted molar refractivity (Wildman–Crippen MR) is 68.6 cm³/mol. The molecular formula is C12H15N3OS. The fraction of sp³-hybridized carbons (Fsp3) is 0.500. The van der Waals surface area contributed by atoms with Gasteiger partial charge in [-0.1, -0.05) is 6.42 Å². The highest BCUT2D eigenvalue weighted by molar-refractivity contribution is 7.16. The molecule has 0 aromatic carbocycles. The molecule has 0 amide bonds. The van der Waals surface area contributed by atoms with Crippen LogP contribution in [0.15, 0.2) is 17.8 Å². The average molecular weight is 249 g/mol. The summed E-state index contributed by atoms with van der Waals surface area (Å²) in [6.07, 6.45) is 5.33. The molecule has 1 atom stereocenters. The van der Waals surface area contributed by atoms with Gasteiger partial charge in [0.25, 0.3) is 0 Å². The summed E-state index contributed by atoms with van der Waals surface area (Å²) in [6.45, 7) is 1.80. The van der Waals surface area contributed by atoms with Crippen molar-refractivity contribution in [2.24, 2.45) is 0 Å². The molecule has 3 rings (SSSR count). The van der Waals surface area contributed by atoms with Gasteiger partial charge in [0.1, 0.15) is 17.8 Å². The molecule has 1 fully saturated rings. The Morgan fingerprint density at radius 2 is 2.41 bits per heavy atom. The molecule has 1 aliphatic rings. The van der Waals surface area contributed by atoms with Crippen molar-refractivity contribution in [3.8, 4) is 5.88 Å². The molecule has 90 valence electrons. The Balaban J connectivity index is 1.69. The van der Waals surface area contributed by atoms with Crippen LogP contribution in [0.3, 0.4) is 0 Å². The summed E-state index contributed by atoms with van der Waals surface area (Å²) in [5.41, 5.74) is 0. The third-order valence-electron chi connectivity index (χ3n) is 3.06. The van der Waals surface area contributed by atoms with Crippen molar-refractivity contribution in [1.82, 2.24) is 15.3 Å². The Hall–Kier alpha value is -1.20. The molecule has 5 heteroatoms. The van der Waals surface area contributed by atoms with E-state index in [0.717, 1.165) is 16.8 Å². The fourth-order valence-corrected chi connectivity index (χ4v) is 2.85. The quantitative estimate of drug-likeness (QED) is 0.906. The molecule has 1 aliphatic heterocycles. The fourth-order valence-electron chi connectivity index (χ4n) is 2.13. The lowest BCUT2D eigenvalue weighted by Crippen LogP contribution is -2.38. The van der Waals surface area contributed by atoms with Gasteiger partial charge < -0.3 is 10.1 Å². The predicted octanol–water partition coefficient (Wildman–Crippen LogP) is 2.21. The Bertz CT molecular complexity index is 493. The summed E-state index contributed by atoms with van der Waals surface area (Å²) in [4.78, 5) is 9.41. The minimum absolute atomic E-state index is 0.465. The van der Waals surface area contributed by atoms with Gasteiger partial charge in [-0.15, -0.1) is 11.3 Å². The number of nitrogens with one attached hydrogen (secondary N) is 1. The number of rotatable bonds is 3. The summed E-state index contributed by atoms with van der Waals surface area (Å²) in [5.74, 6) is 0.712. The van der Waals surface area contributed by atoms with E-state index in [-0.39, 0.29) is 0 Å². The van der Waals surface area contributed by atoms with Crippen LogP contribution in [-0.4, -0.2) is 29.2 Å². The van der Waals surface area contributed by atoms with Crippen LogP contribution in [0.4, 0.5) is 0 Å². The molecule has 1 N–H and O–H groups in total. The lowest BCUT2D eigenvalue weighted by atomic mass is 10.1. The number of piperidine rings is 1. The molecule has 0 bridgehead atoms. The van der Waals surface area contributed by atoms with E-state index in [2.05, 4.69) is 15.3 Å². The van der Waals surface area contributed by atoms with Gasteiger partial charge in [-0.05, 0) is 30.8 Å². The number of fused-ring (bicyclic) bond motifs is 1. The van der Waals surface area contributed by atoms with Crippen LogP contribution in [0, 0.1) is 0 Å².